The molecule has 1 fully saturated rings. The molecule has 200 valence electrons. The minimum atomic E-state index is -5.08. The summed E-state index contributed by atoms with van der Waals surface area (Å²) >= 11 is 3.59. The van der Waals surface area contributed by atoms with Crippen molar-refractivity contribution in [3.8, 4) is 28.1 Å². The number of likely N-dealkylation sites (tertiary alicyclic amines) is 1. The Morgan fingerprint density at radius 2 is 1.87 bits per heavy atom. The van der Waals surface area contributed by atoms with Crippen molar-refractivity contribution in [2.75, 3.05) is 20.2 Å². The van der Waals surface area contributed by atoms with Crippen LogP contribution in [0.2, 0.25) is 0 Å². The number of benzene rings is 2. The second-order valence-electron chi connectivity index (χ2n) is 9.04. The van der Waals surface area contributed by atoms with Gasteiger partial charge >= 0.3 is 12.1 Å². The van der Waals surface area contributed by atoms with Crippen LogP contribution in [0, 0.1) is 0 Å². The number of nitrogens with zero attached hydrogens (tertiary/aromatic N) is 2. The molecule has 0 bridgehead atoms. The van der Waals surface area contributed by atoms with Gasteiger partial charge in [-0.1, -0.05) is 42.5 Å². The summed E-state index contributed by atoms with van der Waals surface area (Å²) in [5.41, 5.74) is 5.37. The number of aliphatic carboxylic acids is 1. The molecule has 2 aromatic carbocycles. The maximum atomic E-state index is 10.6. The average molecular weight is 590 g/mol. The van der Waals surface area contributed by atoms with Crippen LogP contribution in [0.15, 0.2) is 71.3 Å². The van der Waals surface area contributed by atoms with Crippen molar-refractivity contribution < 1.29 is 27.8 Å². The van der Waals surface area contributed by atoms with Crippen LogP contribution in [0.1, 0.15) is 19.3 Å². The highest BCUT2D eigenvalue weighted by molar-refractivity contribution is 9.10. The Kier molecular flexibility index (Phi) is 8.73. The van der Waals surface area contributed by atoms with E-state index in [4.69, 9.17) is 14.6 Å². The third-order valence-corrected chi connectivity index (χ3v) is 6.87. The van der Waals surface area contributed by atoms with Gasteiger partial charge in [0.15, 0.2) is 0 Å². The molecule has 2 N–H and O–H groups in total. The van der Waals surface area contributed by atoms with E-state index in [0.717, 1.165) is 56.7 Å². The van der Waals surface area contributed by atoms with E-state index >= 15 is 0 Å². The fourth-order valence-electron chi connectivity index (χ4n) is 4.56. The molecule has 1 aliphatic heterocycles. The molecule has 0 amide bonds. The number of halogens is 4. The molecular weight excluding hydrogens is 563 g/mol. The van der Waals surface area contributed by atoms with Gasteiger partial charge in [0.2, 0.25) is 0 Å². The smallest absolute Gasteiger partial charge is 0.490 e. The number of ether oxygens (including phenoxy) is 1. The highest BCUT2D eigenvalue weighted by Gasteiger charge is 2.38. The topological polar surface area (TPSA) is 78.5 Å². The summed E-state index contributed by atoms with van der Waals surface area (Å²) in [6.07, 6.45) is 0.386. The lowest BCUT2D eigenvalue weighted by Crippen LogP contribution is -2.26. The van der Waals surface area contributed by atoms with Crippen LogP contribution in [0.3, 0.4) is 0 Å². The molecule has 0 aliphatic carbocycles. The first-order valence-corrected chi connectivity index (χ1v) is 12.9. The fraction of sp³-hybridized carbons (Fsp3) is 0.286. The van der Waals surface area contributed by atoms with Crippen molar-refractivity contribution in [1.29, 1.82) is 0 Å². The molecule has 0 spiro atoms. The number of carboxylic acids is 1. The third kappa shape index (κ3) is 6.73. The normalized spacial score (nSPS) is 15.8. The van der Waals surface area contributed by atoms with E-state index in [1.54, 1.807) is 0 Å². The van der Waals surface area contributed by atoms with Crippen molar-refractivity contribution in [2.24, 2.45) is 0 Å². The summed E-state index contributed by atoms with van der Waals surface area (Å²) in [4.78, 5) is 19.5. The average Bonchev–Trinajstić information content (AvgIpc) is 3.47. The Bertz CT molecular complexity index is 1390. The molecule has 4 aromatic rings. The molecule has 0 saturated carbocycles. The number of aromatic nitrogens is 2. The Labute approximate surface area is 226 Å². The number of alkyl halides is 3. The zero-order valence-corrected chi connectivity index (χ0v) is 22.2. The number of carbonyl (C=O) groups is 1. The van der Waals surface area contributed by atoms with Crippen molar-refractivity contribution in [3.63, 3.8) is 0 Å². The van der Waals surface area contributed by atoms with E-state index in [1.807, 2.05) is 18.3 Å². The fourth-order valence-corrected chi connectivity index (χ4v) is 4.90. The largest absolute Gasteiger partial charge is 0.494 e. The van der Waals surface area contributed by atoms with Gasteiger partial charge in [0.1, 0.15) is 11.4 Å². The van der Waals surface area contributed by atoms with Crippen LogP contribution >= 0.6 is 15.9 Å². The summed E-state index contributed by atoms with van der Waals surface area (Å²) in [7, 11) is 2.21. The minimum absolute atomic E-state index is 0.643. The first-order valence-electron chi connectivity index (χ1n) is 12.1. The second kappa shape index (κ2) is 12.0. The molecule has 5 rings (SSSR count). The number of nitrogens with one attached hydrogen (secondary N) is 1. The Morgan fingerprint density at radius 1 is 1.16 bits per heavy atom. The second-order valence-corrected chi connectivity index (χ2v) is 9.95. The molecule has 6 nitrogen and oxygen atoms in total. The van der Waals surface area contributed by atoms with Crippen molar-refractivity contribution in [1.82, 2.24) is 14.9 Å². The van der Waals surface area contributed by atoms with E-state index < -0.39 is 12.1 Å². The molecule has 38 heavy (non-hydrogen) atoms. The van der Waals surface area contributed by atoms with Crippen molar-refractivity contribution in [3.05, 3.63) is 71.3 Å². The van der Waals surface area contributed by atoms with Gasteiger partial charge < -0.3 is 19.7 Å². The molecule has 3 heterocycles. The monoisotopic (exact) mass is 589 g/mol. The molecule has 1 saturated heterocycles. The molecular formula is C28H27BrF3N3O3. The first-order chi connectivity index (χ1) is 18.1. The number of hydrogen-bond donors (Lipinski definition) is 2. The maximum Gasteiger partial charge on any atom is 0.490 e. The zero-order chi connectivity index (χ0) is 27.3. The summed E-state index contributed by atoms with van der Waals surface area (Å²) in [5, 5.41) is 8.22. The molecule has 0 radical (unpaired) electrons. The molecule has 1 atom stereocenters. The lowest BCUT2D eigenvalue weighted by atomic mass is 9.99. The summed E-state index contributed by atoms with van der Waals surface area (Å²) in [5.74, 6) is -1.85. The molecule has 2 aromatic heterocycles. The number of carboxylic acid groups (broad SMARTS) is 1. The maximum absolute atomic E-state index is 10.6. The predicted molar refractivity (Wildman–Crippen MR) is 144 cm³/mol. The quantitative estimate of drug-likeness (QED) is 0.249. The van der Waals surface area contributed by atoms with E-state index in [-0.39, 0.29) is 0 Å². The zero-order valence-electron chi connectivity index (χ0n) is 20.6. The number of H-pyrrole nitrogens is 1. The third-order valence-electron chi connectivity index (χ3n) is 6.44. The number of pyridine rings is 1. The van der Waals surface area contributed by atoms with Gasteiger partial charge in [0, 0.05) is 27.7 Å². The van der Waals surface area contributed by atoms with Gasteiger partial charge in [-0.15, -0.1) is 0 Å². The van der Waals surface area contributed by atoms with E-state index in [2.05, 4.69) is 86.4 Å². The Hall–Kier alpha value is -3.37. The molecule has 1 unspecified atom stereocenters. The number of aromatic amines is 1. The lowest BCUT2D eigenvalue weighted by molar-refractivity contribution is -0.192. The van der Waals surface area contributed by atoms with Crippen LogP contribution in [-0.4, -0.2) is 58.4 Å². The number of rotatable bonds is 6. The highest BCUT2D eigenvalue weighted by atomic mass is 79.9. The van der Waals surface area contributed by atoms with Gasteiger partial charge in [0.25, 0.3) is 0 Å². The number of fused-ring (bicyclic) bond motifs is 1. The van der Waals surface area contributed by atoms with Crippen molar-refractivity contribution in [2.45, 2.75) is 31.5 Å². The van der Waals surface area contributed by atoms with Gasteiger partial charge in [0.05, 0.1) is 12.3 Å². The Balaban J connectivity index is 0.000000426. The van der Waals surface area contributed by atoms with Crippen LogP contribution in [0.25, 0.3) is 33.4 Å². The highest BCUT2D eigenvalue weighted by Crippen LogP contribution is 2.39. The standard InChI is InChI=1S/C26H26BrN3O.C2HF3O2/c1-30-13-6-10-21(30)12-14-31-22-11-5-9-19(15-22)24-23-16-20(27)17-28-26(23)29-25(24)18-7-3-2-4-8-18;3-2(4,5)1(6)7/h2-5,7-9,11,15-17,21H,6,10,12-14H2,1H3,(H,28,29);(H,6,7). The summed E-state index contributed by atoms with van der Waals surface area (Å²) in [6, 6.07) is 21.6. The lowest BCUT2D eigenvalue weighted by Gasteiger charge is -2.19. The summed E-state index contributed by atoms with van der Waals surface area (Å²) < 4.78 is 38.9. The SMILES string of the molecule is CN1CCCC1CCOc1cccc(-c2c(-c3ccccc3)[nH]c3ncc(Br)cc23)c1.O=C(O)C(F)(F)F. The van der Waals surface area contributed by atoms with E-state index in [9.17, 15) is 13.2 Å². The van der Waals surface area contributed by atoms with Crippen molar-refractivity contribution >= 4 is 32.9 Å². The summed E-state index contributed by atoms with van der Waals surface area (Å²) in [6.45, 7) is 1.94. The van der Waals surface area contributed by atoms with E-state index in [0.29, 0.717) is 6.04 Å². The van der Waals surface area contributed by atoms with E-state index in [1.165, 1.54) is 19.4 Å². The van der Waals surface area contributed by atoms with Crippen LogP contribution in [0.5, 0.6) is 5.75 Å². The number of hydrogen-bond acceptors (Lipinski definition) is 4. The molecule has 10 heteroatoms. The Morgan fingerprint density at radius 3 is 2.53 bits per heavy atom. The van der Waals surface area contributed by atoms with Crippen LogP contribution in [-0.2, 0) is 4.79 Å². The van der Waals surface area contributed by atoms with Crippen LogP contribution < -0.4 is 4.74 Å². The van der Waals surface area contributed by atoms with Gasteiger partial charge in [-0.25, -0.2) is 9.78 Å². The minimum Gasteiger partial charge on any atom is -0.494 e. The predicted octanol–water partition coefficient (Wildman–Crippen LogP) is 7.16. The van der Waals surface area contributed by atoms with Gasteiger partial charge in [-0.3, -0.25) is 0 Å². The molecule has 1 aliphatic rings. The first kappa shape index (κ1) is 27.7. The van der Waals surface area contributed by atoms with Gasteiger partial charge in [-0.2, -0.15) is 13.2 Å². The van der Waals surface area contributed by atoms with Gasteiger partial charge in [-0.05, 0) is 78.1 Å². The van der Waals surface area contributed by atoms with Crippen LogP contribution in [0.4, 0.5) is 13.2 Å².